The lowest BCUT2D eigenvalue weighted by Crippen LogP contribution is -2.54. The van der Waals surface area contributed by atoms with Gasteiger partial charge in [-0.2, -0.15) is 0 Å². The third-order valence-electron chi connectivity index (χ3n) is 6.70. The number of carboxylic acid groups (broad SMARTS) is 1. The minimum absolute atomic E-state index is 0.0551. The van der Waals surface area contributed by atoms with E-state index in [1.54, 1.807) is 0 Å². The van der Waals surface area contributed by atoms with Crippen molar-refractivity contribution in [1.82, 2.24) is 10.6 Å². The number of benzene rings is 2. The van der Waals surface area contributed by atoms with Gasteiger partial charge in [-0.15, -0.1) is 0 Å². The summed E-state index contributed by atoms with van der Waals surface area (Å²) in [5, 5.41) is 14.8. The van der Waals surface area contributed by atoms with E-state index in [4.69, 9.17) is 9.47 Å². The van der Waals surface area contributed by atoms with E-state index in [0.717, 1.165) is 35.1 Å². The Balaban J connectivity index is 1.38. The van der Waals surface area contributed by atoms with Crippen LogP contribution >= 0.6 is 0 Å². The maximum Gasteiger partial charge on any atom is 0.407 e. The molecule has 8 heteroatoms. The summed E-state index contributed by atoms with van der Waals surface area (Å²) < 4.78 is 10.6. The van der Waals surface area contributed by atoms with Crippen molar-refractivity contribution in [3.63, 3.8) is 0 Å². The number of carbonyl (C=O) groups excluding carboxylic acids is 2. The minimum atomic E-state index is -0.989. The van der Waals surface area contributed by atoms with Crippen molar-refractivity contribution in [3.05, 3.63) is 59.7 Å². The number of hydrogen-bond acceptors (Lipinski definition) is 5. The fraction of sp³-hybridized carbons (Fsp3) is 0.423. The molecule has 0 aliphatic heterocycles. The zero-order valence-corrected chi connectivity index (χ0v) is 19.2. The first-order valence-electron chi connectivity index (χ1n) is 11.6. The normalized spacial score (nSPS) is 20.0. The molecule has 1 fully saturated rings. The topological polar surface area (TPSA) is 114 Å². The van der Waals surface area contributed by atoms with Crippen LogP contribution < -0.4 is 10.6 Å². The van der Waals surface area contributed by atoms with E-state index in [0.29, 0.717) is 12.8 Å². The van der Waals surface area contributed by atoms with Crippen LogP contribution in [0.1, 0.15) is 42.7 Å². The van der Waals surface area contributed by atoms with Crippen LogP contribution in [0.5, 0.6) is 0 Å². The summed E-state index contributed by atoms with van der Waals surface area (Å²) in [6.07, 6.45) is 2.06. The second kappa shape index (κ2) is 10.7. The molecule has 8 nitrogen and oxygen atoms in total. The molecule has 0 spiro atoms. The van der Waals surface area contributed by atoms with E-state index >= 15 is 0 Å². The quantitative estimate of drug-likeness (QED) is 0.550. The molecular weight excluding hydrogens is 436 g/mol. The van der Waals surface area contributed by atoms with Gasteiger partial charge in [0.25, 0.3) is 0 Å². The van der Waals surface area contributed by atoms with Gasteiger partial charge in [-0.25, -0.2) is 4.79 Å². The first-order chi connectivity index (χ1) is 16.5. The van der Waals surface area contributed by atoms with Gasteiger partial charge in [0.15, 0.2) is 0 Å². The van der Waals surface area contributed by atoms with Crippen LogP contribution in [0.3, 0.4) is 0 Å². The fourth-order valence-electron chi connectivity index (χ4n) is 5.01. The zero-order valence-electron chi connectivity index (χ0n) is 19.2. The second-order valence-electron chi connectivity index (χ2n) is 8.82. The molecule has 0 aromatic heterocycles. The number of alkyl carbamates (subject to hydrolysis) is 1. The summed E-state index contributed by atoms with van der Waals surface area (Å²) in [4.78, 5) is 37.0. The molecule has 0 saturated heterocycles. The van der Waals surface area contributed by atoms with E-state index in [9.17, 15) is 19.5 Å². The summed E-state index contributed by atoms with van der Waals surface area (Å²) in [7, 11) is 1.43. The van der Waals surface area contributed by atoms with Gasteiger partial charge in [-0.3, -0.25) is 9.59 Å². The molecule has 0 bridgehead atoms. The van der Waals surface area contributed by atoms with E-state index in [2.05, 4.69) is 22.8 Å². The highest BCUT2D eigenvalue weighted by molar-refractivity contribution is 5.86. The molecule has 2 aliphatic carbocycles. The van der Waals surface area contributed by atoms with Crippen molar-refractivity contribution < 1.29 is 29.0 Å². The Labute approximate surface area is 198 Å². The van der Waals surface area contributed by atoms with Crippen molar-refractivity contribution in [2.24, 2.45) is 5.92 Å². The van der Waals surface area contributed by atoms with Crippen molar-refractivity contribution in [1.29, 1.82) is 0 Å². The fourth-order valence-corrected chi connectivity index (χ4v) is 5.01. The number of carbonyl (C=O) groups is 3. The molecule has 3 N–H and O–H groups in total. The van der Waals surface area contributed by atoms with Crippen LogP contribution in [-0.4, -0.2) is 55.5 Å². The molecular formula is C26H30N2O6. The van der Waals surface area contributed by atoms with Gasteiger partial charge in [0, 0.05) is 19.1 Å². The largest absolute Gasteiger partial charge is 0.481 e. The first kappa shape index (κ1) is 23.8. The van der Waals surface area contributed by atoms with Gasteiger partial charge in [0.2, 0.25) is 5.91 Å². The monoisotopic (exact) mass is 466 g/mol. The van der Waals surface area contributed by atoms with Gasteiger partial charge in [0.05, 0.1) is 12.5 Å². The SMILES string of the molecule is COC[C@H](NC(=O)OCC1c2ccccc2-c2ccccc21)C(=O)N[C@@H]1CCCC[C@@H]1C(=O)O. The van der Waals surface area contributed by atoms with Crippen molar-refractivity contribution in [2.45, 2.75) is 43.7 Å². The Hall–Kier alpha value is -3.39. The van der Waals surface area contributed by atoms with Crippen LogP contribution in [-0.2, 0) is 19.1 Å². The number of nitrogens with one attached hydrogen (secondary N) is 2. The molecule has 0 radical (unpaired) electrons. The van der Waals surface area contributed by atoms with E-state index in [-0.39, 0.29) is 19.1 Å². The Bertz CT molecular complexity index is 1010. The van der Waals surface area contributed by atoms with Gasteiger partial charge in [-0.1, -0.05) is 61.4 Å². The van der Waals surface area contributed by atoms with Crippen LogP contribution in [0, 0.1) is 5.92 Å². The van der Waals surface area contributed by atoms with Crippen LogP contribution in [0.4, 0.5) is 4.79 Å². The number of ether oxygens (including phenoxy) is 2. The van der Waals surface area contributed by atoms with E-state index in [1.807, 2.05) is 36.4 Å². The predicted octanol–water partition coefficient (Wildman–Crippen LogP) is 3.30. The number of fused-ring (bicyclic) bond motifs is 3. The average Bonchev–Trinajstić information content (AvgIpc) is 3.16. The third-order valence-corrected chi connectivity index (χ3v) is 6.70. The van der Waals surface area contributed by atoms with Crippen LogP contribution in [0.25, 0.3) is 11.1 Å². The number of aliphatic carboxylic acids is 1. The van der Waals surface area contributed by atoms with Crippen LogP contribution in [0.2, 0.25) is 0 Å². The molecule has 2 aromatic rings. The average molecular weight is 467 g/mol. The van der Waals surface area contributed by atoms with E-state index in [1.165, 1.54) is 7.11 Å². The second-order valence-corrected chi connectivity index (χ2v) is 8.82. The third kappa shape index (κ3) is 5.07. The highest BCUT2D eigenvalue weighted by Crippen LogP contribution is 2.44. The highest BCUT2D eigenvalue weighted by Gasteiger charge is 2.34. The molecule has 4 rings (SSSR count). The summed E-state index contributed by atoms with van der Waals surface area (Å²) in [5.74, 6) is -2.12. The molecule has 34 heavy (non-hydrogen) atoms. The lowest BCUT2D eigenvalue weighted by molar-refractivity contribution is -0.144. The van der Waals surface area contributed by atoms with Gasteiger partial charge in [0.1, 0.15) is 12.6 Å². The maximum atomic E-state index is 12.8. The number of methoxy groups -OCH3 is 1. The zero-order chi connectivity index (χ0) is 24.1. The molecule has 3 atom stereocenters. The Kier molecular flexibility index (Phi) is 7.47. The molecule has 2 aromatic carbocycles. The summed E-state index contributed by atoms with van der Waals surface area (Å²) >= 11 is 0. The molecule has 2 amide bonds. The van der Waals surface area contributed by atoms with Gasteiger partial charge in [-0.05, 0) is 35.1 Å². The smallest absolute Gasteiger partial charge is 0.407 e. The Morgan fingerprint density at radius 1 is 1.00 bits per heavy atom. The Morgan fingerprint density at radius 3 is 2.24 bits per heavy atom. The van der Waals surface area contributed by atoms with Crippen molar-refractivity contribution in [2.75, 3.05) is 20.3 Å². The predicted molar refractivity (Wildman–Crippen MR) is 125 cm³/mol. The molecule has 0 unspecified atom stereocenters. The van der Waals surface area contributed by atoms with Crippen molar-refractivity contribution >= 4 is 18.0 Å². The number of amides is 2. The highest BCUT2D eigenvalue weighted by atomic mass is 16.5. The number of hydrogen-bond donors (Lipinski definition) is 3. The van der Waals surface area contributed by atoms with Gasteiger partial charge >= 0.3 is 12.1 Å². The van der Waals surface area contributed by atoms with Crippen molar-refractivity contribution in [3.8, 4) is 11.1 Å². The summed E-state index contributed by atoms with van der Waals surface area (Å²) in [6.45, 7) is 0.0748. The lowest BCUT2D eigenvalue weighted by atomic mass is 9.84. The Morgan fingerprint density at radius 2 is 1.62 bits per heavy atom. The van der Waals surface area contributed by atoms with E-state index < -0.39 is 36.0 Å². The molecule has 1 saturated carbocycles. The van der Waals surface area contributed by atoms with Gasteiger partial charge < -0.3 is 25.2 Å². The standard InChI is InChI=1S/C26H30N2O6/c1-33-15-23(24(29)27-22-13-7-6-12-20(22)25(30)31)28-26(32)34-14-21-18-10-4-2-8-16(18)17-9-3-5-11-19(17)21/h2-5,8-11,20-23H,6-7,12-15H2,1H3,(H,27,29)(H,28,32)(H,30,31)/t20-,22+,23-/m0/s1. The minimum Gasteiger partial charge on any atom is -0.481 e. The molecule has 180 valence electrons. The number of rotatable bonds is 8. The van der Waals surface area contributed by atoms with Crippen LogP contribution in [0.15, 0.2) is 48.5 Å². The maximum absolute atomic E-state index is 12.8. The molecule has 0 heterocycles. The lowest BCUT2D eigenvalue weighted by Gasteiger charge is -2.30. The molecule has 2 aliphatic rings. The first-order valence-corrected chi connectivity index (χ1v) is 11.6. The number of carboxylic acids is 1. The summed E-state index contributed by atoms with van der Waals surface area (Å²) in [5.41, 5.74) is 4.45. The summed E-state index contributed by atoms with van der Waals surface area (Å²) in [6, 6.07) is 14.6.